The van der Waals surface area contributed by atoms with Gasteiger partial charge in [0.2, 0.25) is 5.91 Å². The zero-order valence-electron chi connectivity index (χ0n) is 15.7. The van der Waals surface area contributed by atoms with E-state index < -0.39 is 10.2 Å². The summed E-state index contributed by atoms with van der Waals surface area (Å²) >= 11 is 0. The molecule has 4 aliphatic heterocycles. The Hall–Kier alpha value is -0.450. The van der Waals surface area contributed by atoms with Gasteiger partial charge < -0.3 is 15.0 Å². The molecular formula is C17H31ClN4O4S. The summed E-state index contributed by atoms with van der Waals surface area (Å²) in [5.41, 5.74) is 0. The van der Waals surface area contributed by atoms with E-state index >= 15 is 0 Å². The van der Waals surface area contributed by atoms with Crippen LogP contribution in [0.25, 0.3) is 0 Å². The number of piperazine rings is 1. The third-order valence-corrected chi connectivity index (χ3v) is 8.28. The van der Waals surface area contributed by atoms with E-state index in [2.05, 4.69) is 5.32 Å². The Balaban J connectivity index is 0.00000210. The van der Waals surface area contributed by atoms with Crippen LogP contribution in [0, 0.1) is 5.92 Å². The maximum absolute atomic E-state index is 12.7. The van der Waals surface area contributed by atoms with Gasteiger partial charge in [0.15, 0.2) is 0 Å². The maximum atomic E-state index is 12.7. The standard InChI is InChI=1S/C17H30N4O4S.ClH/c22-17(13-14-11-15-1-2-16(12-14)18-15)19-3-5-20(6-4-19)26(23,24)21-7-9-25-10-8-21;/h14-16,18H,1-13H2;1H. The second-order valence-electron chi connectivity index (χ2n) is 7.98. The van der Waals surface area contributed by atoms with E-state index in [-0.39, 0.29) is 18.3 Å². The van der Waals surface area contributed by atoms with Crippen molar-refractivity contribution in [2.45, 2.75) is 44.2 Å². The summed E-state index contributed by atoms with van der Waals surface area (Å²) in [6.07, 6.45) is 5.31. The minimum absolute atomic E-state index is 0. The van der Waals surface area contributed by atoms with Crippen LogP contribution in [-0.2, 0) is 19.7 Å². The molecule has 8 nitrogen and oxygen atoms in total. The van der Waals surface area contributed by atoms with Crippen LogP contribution in [0.2, 0.25) is 0 Å². The van der Waals surface area contributed by atoms with Gasteiger partial charge >= 0.3 is 0 Å². The topological polar surface area (TPSA) is 82.2 Å². The number of hydrogen-bond acceptors (Lipinski definition) is 5. The zero-order chi connectivity index (χ0) is 18.1. The monoisotopic (exact) mass is 422 g/mol. The lowest BCUT2D eigenvalue weighted by Crippen LogP contribution is -2.56. The number of morpholine rings is 1. The van der Waals surface area contributed by atoms with Crippen LogP contribution in [0.4, 0.5) is 0 Å². The molecule has 0 spiro atoms. The second kappa shape index (κ2) is 8.92. The van der Waals surface area contributed by atoms with Gasteiger partial charge in [-0.2, -0.15) is 17.0 Å². The highest BCUT2D eigenvalue weighted by atomic mass is 35.5. The van der Waals surface area contributed by atoms with Crippen LogP contribution in [0.15, 0.2) is 0 Å². The molecule has 27 heavy (non-hydrogen) atoms. The van der Waals surface area contributed by atoms with Gasteiger partial charge in [0.1, 0.15) is 0 Å². The number of carbonyl (C=O) groups excluding carboxylic acids is 1. The molecule has 156 valence electrons. The Kier molecular flexibility index (Phi) is 7.02. The molecule has 10 heteroatoms. The van der Waals surface area contributed by atoms with Crippen molar-refractivity contribution >= 4 is 28.5 Å². The molecule has 4 aliphatic rings. The number of fused-ring (bicyclic) bond motifs is 2. The summed E-state index contributed by atoms with van der Waals surface area (Å²) in [5.74, 6) is 0.677. The second-order valence-corrected chi connectivity index (χ2v) is 9.91. The highest BCUT2D eigenvalue weighted by Gasteiger charge is 2.37. The molecule has 4 heterocycles. The van der Waals surface area contributed by atoms with Crippen LogP contribution in [-0.4, -0.2) is 92.4 Å². The number of piperidine rings is 1. The fraction of sp³-hybridized carbons (Fsp3) is 0.941. The van der Waals surface area contributed by atoms with Gasteiger partial charge in [-0.1, -0.05) is 0 Å². The Morgan fingerprint density at radius 2 is 1.48 bits per heavy atom. The van der Waals surface area contributed by atoms with E-state index in [9.17, 15) is 13.2 Å². The molecule has 0 aromatic heterocycles. The van der Waals surface area contributed by atoms with Gasteiger partial charge in [-0.15, -0.1) is 12.4 Å². The molecule has 0 aromatic carbocycles. The fourth-order valence-electron chi connectivity index (χ4n) is 4.83. The summed E-state index contributed by atoms with van der Waals surface area (Å²) < 4.78 is 33.7. The van der Waals surface area contributed by atoms with E-state index in [1.807, 2.05) is 4.90 Å². The first-order valence-electron chi connectivity index (χ1n) is 9.89. The van der Waals surface area contributed by atoms with Crippen molar-refractivity contribution in [3.63, 3.8) is 0 Å². The predicted octanol–water partition coefficient (Wildman–Crippen LogP) is 0.0501. The van der Waals surface area contributed by atoms with E-state index in [1.54, 1.807) is 0 Å². The Morgan fingerprint density at radius 3 is 2.07 bits per heavy atom. The van der Waals surface area contributed by atoms with Crippen molar-refractivity contribution in [2.75, 3.05) is 52.5 Å². The summed E-state index contributed by atoms with van der Waals surface area (Å²) in [6, 6.07) is 1.20. The van der Waals surface area contributed by atoms with Crippen molar-refractivity contribution in [3.8, 4) is 0 Å². The number of nitrogens with one attached hydrogen (secondary N) is 1. The lowest BCUT2D eigenvalue weighted by atomic mass is 9.89. The number of rotatable bonds is 4. The summed E-state index contributed by atoms with van der Waals surface area (Å²) in [6.45, 7) is 3.52. The van der Waals surface area contributed by atoms with Crippen LogP contribution in [0.3, 0.4) is 0 Å². The molecule has 2 unspecified atom stereocenters. The van der Waals surface area contributed by atoms with E-state index in [1.165, 1.54) is 21.5 Å². The van der Waals surface area contributed by atoms with Gasteiger partial charge in [-0.25, -0.2) is 0 Å². The Bertz CT molecular complexity index is 608. The van der Waals surface area contributed by atoms with Gasteiger partial charge in [0.25, 0.3) is 10.2 Å². The minimum Gasteiger partial charge on any atom is -0.379 e. The first-order chi connectivity index (χ1) is 12.5. The summed E-state index contributed by atoms with van der Waals surface area (Å²) in [7, 11) is -3.43. The smallest absolute Gasteiger partial charge is 0.282 e. The molecular weight excluding hydrogens is 392 g/mol. The molecule has 1 amide bonds. The van der Waals surface area contributed by atoms with Crippen LogP contribution in [0.5, 0.6) is 0 Å². The molecule has 4 saturated heterocycles. The number of amides is 1. The van der Waals surface area contributed by atoms with Crippen molar-refractivity contribution < 1.29 is 17.9 Å². The highest BCUT2D eigenvalue weighted by Crippen LogP contribution is 2.33. The zero-order valence-corrected chi connectivity index (χ0v) is 17.3. The van der Waals surface area contributed by atoms with Gasteiger partial charge in [0.05, 0.1) is 13.2 Å². The van der Waals surface area contributed by atoms with Crippen LogP contribution >= 0.6 is 12.4 Å². The third-order valence-electron chi connectivity index (χ3n) is 6.25. The molecule has 4 rings (SSSR count). The van der Waals surface area contributed by atoms with Crippen LogP contribution in [0.1, 0.15) is 32.1 Å². The van der Waals surface area contributed by atoms with Gasteiger partial charge in [-0.05, 0) is 31.6 Å². The van der Waals surface area contributed by atoms with Crippen molar-refractivity contribution in [3.05, 3.63) is 0 Å². The lowest BCUT2D eigenvalue weighted by Gasteiger charge is -2.38. The summed E-state index contributed by atoms with van der Waals surface area (Å²) in [5, 5.41) is 3.61. The minimum atomic E-state index is -3.43. The first-order valence-corrected chi connectivity index (χ1v) is 11.3. The third kappa shape index (κ3) is 4.76. The number of ether oxygens (including phenoxy) is 1. The first kappa shape index (κ1) is 21.3. The van der Waals surface area contributed by atoms with E-state index in [0.717, 1.165) is 12.8 Å². The van der Waals surface area contributed by atoms with Crippen molar-refractivity contribution in [1.82, 2.24) is 18.8 Å². The molecule has 0 aromatic rings. The van der Waals surface area contributed by atoms with Crippen LogP contribution < -0.4 is 5.32 Å². The molecule has 2 bridgehead atoms. The van der Waals surface area contributed by atoms with Crippen molar-refractivity contribution in [2.24, 2.45) is 5.92 Å². The predicted molar refractivity (Wildman–Crippen MR) is 104 cm³/mol. The van der Waals surface area contributed by atoms with Crippen molar-refractivity contribution in [1.29, 1.82) is 0 Å². The molecule has 0 aliphatic carbocycles. The fourth-order valence-corrected chi connectivity index (χ4v) is 6.39. The molecule has 4 fully saturated rings. The SMILES string of the molecule is Cl.O=C(CC1CC2CCC(C1)N2)N1CCN(S(=O)(=O)N2CCOCC2)CC1. The molecule has 1 N–H and O–H groups in total. The Morgan fingerprint density at radius 1 is 0.926 bits per heavy atom. The lowest BCUT2D eigenvalue weighted by molar-refractivity contribution is -0.133. The molecule has 2 atom stereocenters. The highest BCUT2D eigenvalue weighted by molar-refractivity contribution is 7.86. The molecule has 0 saturated carbocycles. The molecule has 0 radical (unpaired) electrons. The largest absolute Gasteiger partial charge is 0.379 e. The van der Waals surface area contributed by atoms with E-state index in [0.29, 0.717) is 76.9 Å². The average Bonchev–Trinajstić information content (AvgIpc) is 3.01. The van der Waals surface area contributed by atoms with Gasteiger partial charge in [0, 0.05) is 57.8 Å². The average molecular weight is 423 g/mol. The maximum Gasteiger partial charge on any atom is 0.282 e. The summed E-state index contributed by atoms with van der Waals surface area (Å²) in [4.78, 5) is 14.5. The van der Waals surface area contributed by atoms with E-state index in [4.69, 9.17) is 4.74 Å². The number of nitrogens with zero attached hydrogens (tertiary/aromatic N) is 3. The number of hydrogen-bond donors (Lipinski definition) is 1. The van der Waals surface area contributed by atoms with Gasteiger partial charge in [-0.3, -0.25) is 4.79 Å². The quantitative estimate of drug-likeness (QED) is 0.692. The normalized spacial score (nSPS) is 32.9. The Labute approximate surface area is 168 Å². The number of carbonyl (C=O) groups is 1. The number of halogens is 1.